The average molecular weight is 510 g/mol. The van der Waals surface area contributed by atoms with Crippen LogP contribution in [0.5, 0.6) is 5.75 Å². The highest BCUT2D eigenvalue weighted by Crippen LogP contribution is 2.44. The second-order valence-electron chi connectivity index (χ2n) is 7.98. The molecule has 1 aliphatic rings. The SMILES string of the molecule is COc1ccc(N2C(=S)N[C@H](c3ccccn3)[C@H]2c2ccc(-c3ccc(C)c(Cl)c3)o2)cc1Cl. The molecule has 0 unspecified atom stereocenters. The van der Waals surface area contributed by atoms with Crippen molar-refractivity contribution < 1.29 is 9.15 Å². The van der Waals surface area contributed by atoms with Gasteiger partial charge < -0.3 is 19.4 Å². The predicted molar refractivity (Wildman–Crippen MR) is 140 cm³/mol. The fourth-order valence-corrected chi connectivity index (χ4v) is 4.92. The average Bonchev–Trinajstić information content (AvgIpc) is 3.46. The van der Waals surface area contributed by atoms with Crippen molar-refractivity contribution in [2.24, 2.45) is 0 Å². The van der Waals surface area contributed by atoms with Crippen molar-refractivity contribution in [3.05, 3.63) is 100.0 Å². The van der Waals surface area contributed by atoms with Crippen LogP contribution >= 0.6 is 35.4 Å². The molecule has 0 bridgehead atoms. The van der Waals surface area contributed by atoms with Gasteiger partial charge in [-0.15, -0.1) is 0 Å². The van der Waals surface area contributed by atoms with Gasteiger partial charge in [0, 0.05) is 22.5 Å². The second kappa shape index (κ2) is 9.29. The van der Waals surface area contributed by atoms with Crippen LogP contribution in [-0.4, -0.2) is 17.2 Å². The van der Waals surface area contributed by atoms with Crippen LogP contribution in [0.1, 0.15) is 29.1 Å². The van der Waals surface area contributed by atoms with Crippen molar-refractivity contribution in [3.8, 4) is 17.1 Å². The van der Waals surface area contributed by atoms with Gasteiger partial charge in [0.25, 0.3) is 0 Å². The lowest BCUT2D eigenvalue weighted by Crippen LogP contribution is -2.29. The molecule has 1 fully saturated rings. The first-order valence-electron chi connectivity index (χ1n) is 10.7. The topological polar surface area (TPSA) is 50.5 Å². The Bertz CT molecular complexity index is 1360. The molecule has 0 saturated carbocycles. The third-order valence-electron chi connectivity index (χ3n) is 5.89. The van der Waals surface area contributed by atoms with Crippen LogP contribution in [0.3, 0.4) is 0 Å². The maximum atomic E-state index is 6.45. The molecule has 4 aromatic rings. The van der Waals surface area contributed by atoms with Gasteiger partial charge in [-0.3, -0.25) is 4.98 Å². The van der Waals surface area contributed by atoms with Gasteiger partial charge in [0.2, 0.25) is 0 Å². The van der Waals surface area contributed by atoms with E-state index in [-0.39, 0.29) is 12.1 Å². The largest absolute Gasteiger partial charge is 0.495 e. The second-order valence-corrected chi connectivity index (χ2v) is 9.18. The van der Waals surface area contributed by atoms with E-state index in [0.29, 0.717) is 20.9 Å². The number of nitrogens with one attached hydrogen (secondary N) is 1. The first-order chi connectivity index (χ1) is 16.5. The first kappa shape index (κ1) is 22.7. The van der Waals surface area contributed by atoms with Crippen LogP contribution in [0.2, 0.25) is 10.0 Å². The minimum absolute atomic E-state index is 0.227. The number of thiocarbonyl (C=S) groups is 1. The lowest BCUT2D eigenvalue weighted by atomic mass is 10.0. The highest BCUT2D eigenvalue weighted by atomic mass is 35.5. The molecule has 5 nitrogen and oxygen atoms in total. The number of halogens is 2. The third kappa shape index (κ3) is 4.13. The summed E-state index contributed by atoms with van der Waals surface area (Å²) in [4.78, 5) is 6.58. The summed E-state index contributed by atoms with van der Waals surface area (Å²) >= 11 is 18.6. The third-order valence-corrected chi connectivity index (χ3v) is 6.90. The molecule has 0 spiro atoms. The van der Waals surface area contributed by atoms with Crippen molar-refractivity contribution in [2.45, 2.75) is 19.0 Å². The molecule has 2 atom stereocenters. The van der Waals surface area contributed by atoms with E-state index in [1.807, 2.05) is 78.6 Å². The Balaban J connectivity index is 1.60. The Kier molecular flexibility index (Phi) is 6.21. The molecule has 34 heavy (non-hydrogen) atoms. The number of nitrogens with zero attached hydrogens (tertiary/aromatic N) is 2. The molecule has 1 saturated heterocycles. The van der Waals surface area contributed by atoms with E-state index in [0.717, 1.165) is 34.0 Å². The zero-order chi connectivity index (χ0) is 23.8. The molecule has 1 N–H and O–H groups in total. The maximum Gasteiger partial charge on any atom is 0.174 e. The van der Waals surface area contributed by atoms with Crippen LogP contribution in [-0.2, 0) is 0 Å². The number of aryl methyl sites for hydroxylation is 1. The summed E-state index contributed by atoms with van der Waals surface area (Å²) in [6, 6.07) is 20.7. The minimum atomic E-state index is -0.290. The van der Waals surface area contributed by atoms with Crippen molar-refractivity contribution in [1.29, 1.82) is 0 Å². The number of hydrogen-bond acceptors (Lipinski definition) is 4. The zero-order valence-corrected chi connectivity index (χ0v) is 20.8. The molecule has 2 aromatic heterocycles. The number of hydrogen-bond donors (Lipinski definition) is 1. The van der Waals surface area contributed by atoms with Gasteiger partial charge in [-0.05, 0) is 73.2 Å². The van der Waals surface area contributed by atoms with Crippen LogP contribution in [0.4, 0.5) is 5.69 Å². The molecule has 8 heteroatoms. The van der Waals surface area contributed by atoms with E-state index in [1.165, 1.54) is 0 Å². The summed E-state index contributed by atoms with van der Waals surface area (Å²) in [5, 5.41) is 5.17. The predicted octanol–water partition coefficient (Wildman–Crippen LogP) is 7.14. The lowest BCUT2D eigenvalue weighted by Gasteiger charge is -2.26. The van der Waals surface area contributed by atoms with Gasteiger partial charge in [-0.1, -0.05) is 41.4 Å². The quantitative estimate of drug-likeness (QED) is 0.288. The number of anilines is 1. The molecular weight excluding hydrogens is 489 g/mol. The Morgan fingerprint density at radius 3 is 2.59 bits per heavy atom. The van der Waals surface area contributed by atoms with E-state index in [9.17, 15) is 0 Å². The standard InChI is InChI=1S/C26H21Cl2N3O2S/c1-15-6-7-16(13-18(15)27)21-10-11-23(33-21)25-24(20-5-3-4-12-29-20)30-26(34)31(25)17-8-9-22(32-2)19(28)14-17/h3-14,24-25H,1-2H3,(H,30,34)/t24-,25-/m1/s1. The molecule has 1 aliphatic heterocycles. The number of methoxy groups -OCH3 is 1. The van der Waals surface area contributed by atoms with Crippen LogP contribution in [0.15, 0.2) is 77.3 Å². The van der Waals surface area contributed by atoms with Gasteiger partial charge in [-0.25, -0.2) is 0 Å². The Labute approximate surface area is 213 Å². The summed E-state index contributed by atoms with van der Waals surface area (Å²) in [6.07, 6.45) is 1.77. The molecule has 5 rings (SSSR count). The number of aromatic nitrogens is 1. The van der Waals surface area contributed by atoms with E-state index in [1.54, 1.807) is 13.3 Å². The zero-order valence-electron chi connectivity index (χ0n) is 18.5. The smallest absolute Gasteiger partial charge is 0.174 e. The van der Waals surface area contributed by atoms with Crippen LogP contribution < -0.4 is 15.0 Å². The number of furan rings is 1. The van der Waals surface area contributed by atoms with E-state index in [2.05, 4.69) is 10.3 Å². The number of ether oxygens (including phenoxy) is 1. The molecule has 0 radical (unpaired) electrons. The van der Waals surface area contributed by atoms with Gasteiger partial charge in [0.05, 0.1) is 23.9 Å². The fourth-order valence-electron chi connectivity index (χ4n) is 4.14. The summed E-state index contributed by atoms with van der Waals surface area (Å²) in [5.74, 6) is 2.06. The number of pyridine rings is 1. The molecular formula is C26H21Cl2N3O2S. The van der Waals surface area contributed by atoms with E-state index < -0.39 is 0 Å². The Hall–Kier alpha value is -3.06. The highest BCUT2D eigenvalue weighted by Gasteiger charge is 2.42. The van der Waals surface area contributed by atoms with Crippen molar-refractivity contribution >= 4 is 46.2 Å². The fraction of sp³-hybridized carbons (Fsp3) is 0.154. The molecule has 0 amide bonds. The molecule has 2 aromatic carbocycles. The van der Waals surface area contributed by atoms with Crippen LogP contribution in [0.25, 0.3) is 11.3 Å². The van der Waals surface area contributed by atoms with Crippen LogP contribution in [0, 0.1) is 6.92 Å². The monoisotopic (exact) mass is 509 g/mol. The molecule has 3 heterocycles. The minimum Gasteiger partial charge on any atom is -0.495 e. The Morgan fingerprint density at radius 2 is 1.88 bits per heavy atom. The normalized spacial score (nSPS) is 17.6. The van der Waals surface area contributed by atoms with Crippen molar-refractivity contribution in [1.82, 2.24) is 10.3 Å². The highest BCUT2D eigenvalue weighted by molar-refractivity contribution is 7.80. The number of benzene rings is 2. The molecule has 0 aliphatic carbocycles. The summed E-state index contributed by atoms with van der Waals surface area (Å²) in [6.45, 7) is 1.97. The maximum absolute atomic E-state index is 6.45. The van der Waals surface area contributed by atoms with E-state index >= 15 is 0 Å². The summed E-state index contributed by atoms with van der Waals surface area (Å²) < 4.78 is 11.7. The van der Waals surface area contributed by atoms with Gasteiger partial charge in [0.1, 0.15) is 23.3 Å². The summed E-state index contributed by atoms with van der Waals surface area (Å²) in [5.41, 5.74) is 3.60. The Morgan fingerprint density at radius 1 is 1.03 bits per heavy atom. The summed E-state index contributed by atoms with van der Waals surface area (Å²) in [7, 11) is 1.59. The van der Waals surface area contributed by atoms with Crippen molar-refractivity contribution in [3.63, 3.8) is 0 Å². The first-order valence-corrected chi connectivity index (χ1v) is 11.8. The molecule has 172 valence electrons. The number of rotatable bonds is 5. The van der Waals surface area contributed by atoms with Gasteiger partial charge in [-0.2, -0.15) is 0 Å². The van der Waals surface area contributed by atoms with Gasteiger partial charge in [0.15, 0.2) is 5.11 Å². The van der Waals surface area contributed by atoms with Gasteiger partial charge >= 0.3 is 0 Å². The lowest BCUT2D eigenvalue weighted by molar-refractivity contribution is 0.415. The van der Waals surface area contributed by atoms with Crippen molar-refractivity contribution in [2.75, 3.05) is 12.0 Å². The van der Waals surface area contributed by atoms with E-state index in [4.69, 9.17) is 44.6 Å².